The highest BCUT2D eigenvalue weighted by Gasteiger charge is 2.04. The molecule has 0 saturated carbocycles. The Labute approximate surface area is 113 Å². The summed E-state index contributed by atoms with van der Waals surface area (Å²) in [5, 5.41) is 0. The van der Waals surface area contributed by atoms with Crippen LogP contribution in [0.3, 0.4) is 0 Å². The van der Waals surface area contributed by atoms with E-state index in [0.717, 1.165) is 24.7 Å². The van der Waals surface area contributed by atoms with Gasteiger partial charge in [0.05, 0.1) is 7.11 Å². The van der Waals surface area contributed by atoms with E-state index in [-0.39, 0.29) is 5.97 Å². The van der Waals surface area contributed by atoms with Crippen LogP contribution in [-0.4, -0.2) is 13.1 Å². The lowest BCUT2D eigenvalue weighted by molar-refractivity contribution is -0.140. The molecule has 0 aliphatic rings. The van der Waals surface area contributed by atoms with Crippen molar-refractivity contribution in [1.29, 1.82) is 0 Å². The lowest BCUT2D eigenvalue weighted by atomic mass is 9.96. The van der Waals surface area contributed by atoms with Crippen molar-refractivity contribution < 1.29 is 9.53 Å². The fourth-order valence-electron chi connectivity index (χ4n) is 2.23. The van der Waals surface area contributed by atoms with Crippen molar-refractivity contribution in [2.24, 2.45) is 11.8 Å². The Morgan fingerprint density at radius 1 is 0.889 bits per heavy atom. The zero-order chi connectivity index (χ0) is 13.8. The van der Waals surface area contributed by atoms with Gasteiger partial charge >= 0.3 is 5.97 Å². The maximum atomic E-state index is 10.9. The van der Waals surface area contributed by atoms with E-state index < -0.39 is 0 Å². The SMILES string of the molecule is COC(=O)CCCCC(C)CCCCCC(C)C. The fourth-order valence-corrected chi connectivity index (χ4v) is 2.23. The molecule has 0 rings (SSSR count). The van der Waals surface area contributed by atoms with Crippen LogP contribution in [0, 0.1) is 11.8 Å². The van der Waals surface area contributed by atoms with E-state index in [1.807, 2.05) is 0 Å². The van der Waals surface area contributed by atoms with E-state index in [1.165, 1.54) is 45.6 Å². The number of unbranched alkanes of at least 4 members (excludes halogenated alkanes) is 3. The van der Waals surface area contributed by atoms with Crippen molar-refractivity contribution in [1.82, 2.24) is 0 Å². The molecule has 0 spiro atoms. The fraction of sp³-hybridized carbons (Fsp3) is 0.938. The molecule has 2 heteroatoms. The van der Waals surface area contributed by atoms with Gasteiger partial charge in [0.1, 0.15) is 0 Å². The molecule has 0 aliphatic carbocycles. The molecule has 1 unspecified atom stereocenters. The third-order valence-corrected chi connectivity index (χ3v) is 3.53. The summed E-state index contributed by atoms with van der Waals surface area (Å²) >= 11 is 0. The van der Waals surface area contributed by atoms with E-state index in [9.17, 15) is 4.79 Å². The van der Waals surface area contributed by atoms with Crippen LogP contribution in [0.25, 0.3) is 0 Å². The normalized spacial score (nSPS) is 12.7. The first-order chi connectivity index (χ1) is 8.56. The number of rotatable bonds is 11. The van der Waals surface area contributed by atoms with Gasteiger partial charge in [0, 0.05) is 6.42 Å². The van der Waals surface area contributed by atoms with Crippen LogP contribution in [0.15, 0.2) is 0 Å². The Morgan fingerprint density at radius 3 is 2.00 bits per heavy atom. The summed E-state index contributed by atoms with van der Waals surface area (Å²) in [5.41, 5.74) is 0. The molecule has 0 aliphatic heterocycles. The quantitative estimate of drug-likeness (QED) is 0.385. The minimum atomic E-state index is -0.0728. The van der Waals surface area contributed by atoms with Crippen molar-refractivity contribution in [3.8, 4) is 0 Å². The summed E-state index contributed by atoms with van der Waals surface area (Å²) in [7, 11) is 1.46. The van der Waals surface area contributed by atoms with Crippen LogP contribution in [-0.2, 0) is 9.53 Å². The summed E-state index contributed by atoms with van der Waals surface area (Å²) in [6, 6.07) is 0. The number of esters is 1. The highest BCUT2D eigenvalue weighted by atomic mass is 16.5. The molecule has 108 valence electrons. The third-order valence-electron chi connectivity index (χ3n) is 3.53. The van der Waals surface area contributed by atoms with Gasteiger partial charge in [-0.25, -0.2) is 0 Å². The first kappa shape index (κ1) is 17.5. The average Bonchev–Trinajstić information content (AvgIpc) is 2.33. The minimum absolute atomic E-state index is 0.0728. The van der Waals surface area contributed by atoms with Gasteiger partial charge < -0.3 is 4.74 Å². The van der Waals surface area contributed by atoms with Crippen LogP contribution in [0.4, 0.5) is 0 Å². The third kappa shape index (κ3) is 11.9. The summed E-state index contributed by atoms with van der Waals surface area (Å²) in [6.07, 6.45) is 10.8. The van der Waals surface area contributed by atoms with Gasteiger partial charge in [0.15, 0.2) is 0 Å². The van der Waals surface area contributed by atoms with Gasteiger partial charge in [0.2, 0.25) is 0 Å². The van der Waals surface area contributed by atoms with E-state index in [0.29, 0.717) is 6.42 Å². The molecule has 0 aromatic heterocycles. The molecule has 2 nitrogen and oxygen atoms in total. The molecule has 0 N–H and O–H groups in total. The zero-order valence-corrected chi connectivity index (χ0v) is 12.8. The van der Waals surface area contributed by atoms with Crippen molar-refractivity contribution >= 4 is 5.97 Å². The van der Waals surface area contributed by atoms with E-state index in [1.54, 1.807) is 0 Å². The Bertz CT molecular complexity index is 199. The number of hydrogen-bond acceptors (Lipinski definition) is 2. The van der Waals surface area contributed by atoms with E-state index >= 15 is 0 Å². The molecule has 18 heavy (non-hydrogen) atoms. The zero-order valence-electron chi connectivity index (χ0n) is 12.8. The van der Waals surface area contributed by atoms with Crippen LogP contribution >= 0.6 is 0 Å². The van der Waals surface area contributed by atoms with Crippen molar-refractivity contribution in [3.05, 3.63) is 0 Å². The summed E-state index contributed by atoms with van der Waals surface area (Å²) < 4.78 is 4.63. The second kappa shape index (κ2) is 11.6. The number of ether oxygens (including phenoxy) is 1. The summed E-state index contributed by atoms with van der Waals surface area (Å²) in [5.74, 6) is 1.58. The Kier molecular flexibility index (Phi) is 11.2. The van der Waals surface area contributed by atoms with Gasteiger partial charge in [-0.1, -0.05) is 65.7 Å². The Hall–Kier alpha value is -0.530. The largest absolute Gasteiger partial charge is 0.469 e. The maximum Gasteiger partial charge on any atom is 0.305 e. The Balaban J connectivity index is 3.27. The summed E-state index contributed by atoms with van der Waals surface area (Å²) in [4.78, 5) is 10.9. The summed E-state index contributed by atoms with van der Waals surface area (Å²) in [6.45, 7) is 6.93. The molecule has 0 aromatic rings. The minimum Gasteiger partial charge on any atom is -0.469 e. The predicted octanol–water partition coefficient (Wildman–Crippen LogP) is 4.96. The molecular formula is C16H32O2. The monoisotopic (exact) mass is 256 g/mol. The second-order valence-electron chi connectivity index (χ2n) is 5.96. The predicted molar refractivity (Wildman–Crippen MR) is 77.6 cm³/mol. The van der Waals surface area contributed by atoms with Crippen molar-refractivity contribution in [2.75, 3.05) is 7.11 Å². The molecule has 0 heterocycles. The topological polar surface area (TPSA) is 26.3 Å². The van der Waals surface area contributed by atoms with Gasteiger partial charge in [-0.2, -0.15) is 0 Å². The lowest BCUT2D eigenvalue weighted by Gasteiger charge is -2.11. The molecule has 0 radical (unpaired) electrons. The van der Waals surface area contributed by atoms with Gasteiger partial charge in [-0.15, -0.1) is 0 Å². The molecule has 0 bridgehead atoms. The molecule has 0 fully saturated rings. The first-order valence-corrected chi connectivity index (χ1v) is 7.63. The number of methoxy groups -OCH3 is 1. The highest BCUT2D eigenvalue weighted by Crippen LogP contribution is 2.18. The van der Waals surface area contributed by atoms with E-state index in [2.05, 4.69) is 25.5 Å². The highest BCUT2D eigenvalue weighted by molar-refractivity contribution is 5.68. The molecular weight excluding hydrogens is 224 g/mol. The Morgan fingerprint density at radius 2 is 1.44 bits per heavy atom. The van der Waals surface area contributed by atoms with Crippen LogP contribution < -0.4 is 0 Å². The average molecular weight is 256 g/mol. The van der Waals surface area contributed by atoms with Crippen LogP contribution in [0.1, 0.15) is 78.6 Å². The maximum absolute atomic E-state index is 10.9. The first-order valence-electron chi connectivity index (χ1n) is 7.63. The van der Waals surface area contributed by atoms with Crippen molar-refractivity contribution in [3.63, 3.8) is 0 Å². The van der Waals surface area contributed by atoms with E-state index in [4.69, 9.17) is 0 Å². The van der Waals surface area contributed by atoms with Gasteiger partial charge in [-0.3, -0.25) is 4.79 Å². The number of carbonyl (C=O) groups excluding carboxylic acids is 1. The molecule has 1 atom stereocenters. The molecule has 0 saturated heterocycles. The standard InChI is InChI=1S/C16H32O2/c1-14(2)10-6-5-7-11-15(3)12-8-9-13-16(17)18-4/h14-15H,5-13H2,1-4H3. The lowest BCUT2D eigenvalue weighted by Crippen LogP contribution is -2.01. The second-order valence-corrected chi connectivity index (χ2v) is 5.96. The smallest absolute Gasteiger partial charge is 0.305 e. The molecule has 0 aromatic carbocycles. The van der Waals surface area contributed by atoms with Crippen molar-refractivity contribution in [2.45, 2.75) is 78.6 Å². The van der Waals surface area contributed by atoms with Crippen LogP contribution in [0.2, 0.25) is 0 Å². The number of hydrogen-bond donors (Lipinski definition) is 0. The van der Waals surface area contributed by atoms with Gasteiger partial charge in [0.25, 0.3) is 0 Å². The number of carbonyl (C=O) groups is 1. The van der Waals surface area contributed by atoms with Crippen LogP contribution in [0.5, 0.6) is 0 Å². The molecule has 0 amide bonds. The van der Waals surface area contributed by atoms with Gasteiger partial charge in [-0.05, 0) is 18.3 Å².